The van der Waals surface area contributed by atoms with Gasteiger partial charge in [0.1, 0.15) is 5.75 Å². The Kier molecular flexibility index (Phi) is 4.34. The van der Waals surface area contributed by atoms with Crippen LogP contribution in [0.3, 0.4) is 0 Å². The number of halogens is 1. The van der Waals surface area contributed by atoms with Crippen molar-refractivity contribution < 1.29 is 23.5 Å². The number of aromatic nitrogens is 1. The molecule has 3 heterocycles. The van der Waals surface area contributed by atoms with Gasteiger partial charge in [-0.2, -0.15) is 0 Å². The molecule has 2 aliphatic heterocycles. The Morgan fingerprint density at radius 1 is 1.00 bits per heavy atom. The highest BCUT2D eigenvalue weighted by molar-refractivity contribution is 6.33. The Balaban J connectivity index is 1.55. The summed E-state index contributed by atoms with van der Waals surface area (Å²) in [4.78, 5) is 44.8. The van der Waals surface area contributed by atoms with Gasteiger partial charge in [0.2, 0.25) is 0 Å². The number of carbonyl (C=O) groups excluding carboxylic acids is 3. The first-order valence-corrected chi connectivity index (χ1v) is 9.82. The number of hydrogen-bond donors (Lipinski definition) is 0. The number of carbonyl (C=O) groups is 3. The van der Waals surface area contributed by atoms with Gasteiger partial charge < -0.3 is 4.74 Å². The Hall–Kier alpha value is -3.55. The largest absolute Gasteiger partial charge is 0.481 e. The third-order valence-electron chi connectivity index (χ3n) is 5.65. The van der Waals surface area contributed by atoms with Crippen LogP contribution in [0.5, 0.6) is 5.75 Å². The number of hydrogen-bond acceptors (Lipinski definition) is 5. The van der Waals surface area contributed by atoms with Gasteiger partial charge in [0, 0.05) is 23.4 Å². The topological polar surface area (TPSA) is 79.8 Å². The van der Waals surface area contributed by atoms with Crippen LogP contribution in [-0.4, -0.2) is 29.3 Å². The highest BCUT2D eigenvalue weighted by atomic mass is 19.1. The normalized spacial score (nSPS) is 18.5. The summed E-state index contributed by atoms with van der Waals surface area (Å²) in [5, 5.41) is 0. The zero-order valence-corrected chi connectivity index (χ0v) is 16.1. The lowest BCUT2D eigenvalue weighted by atomic mass is 9.93. The molecule has 0 radical (unpaired) electrons. The molecule has 0 atom stereocenters. The minimum atomic E-state index is -0.748. The summed E-state index contributed by atoms with van der Waals surface area (Å²) in [6.45, 7) is -0.0617. The summed E-state index contributed by atoms with van der Waals surface area (Å²) in [5.74, 6) is -1.84. The van der Waals surface area contributed by atoms with Crippen LogP contribution >= 0.6 is 0 Å². The highest BCUT2D eigenvalue weighted by Gasteiger charge is 2.41. The average Bonchev–Trinajstić information content (AvgIpc) is 3.01. The van der Waals surface area contributed by atoms with E-state index < -0.39 is 17.6 Å². The number of imide groups is 1. The molecule has 152 valence electrons. The van der Waals surface area contributed by atoms with E-state index in [0.29, 0.717) is 35.4 Å². The molecule has 30 heavy (non-hydrogen) atoms. The molecular formula is C22H18FN3O4. The summed E-state index contributed by atoms with van der Waals surface area (Å²) in [7, 11) is 0. The number of amides is 3. The van der Waals surface area contributed by atoms with Crippen molar-refractivity contribution in [3.05, 3.63) is 59.2 Å². The fourth-order valence-corrected chi connectivity index (χ4v) is 4.17. The van der Waals surface area contributed by atoms with E-state index >= 15 is 0 Å². The monoisotopic (exact) mass is 407 g/mol. The number of anilines is 2. The van der Waals surface area contributed by atoms with E-state index in [1.54, 1.807) is 18.3 Å². The van der Waals surface area contributed by atoms with E-state index in [1.165, 1.54) is 11.0 Å². The number of fused-ring (bicyclic) bond motifs is 1. The average molecular weight is 407 g/mol. The van der Waals surface area contributed by atoms with Crippen molar-refractivity contribution in [1.29, 1.82) is 0 Å². The Morgan fingerprint density at radius 2 is 1.73 bits per heavy atom. The third kappa shape index (κ3) is 2.87. The first-order valence-electron chi connectivity index (χ1n) is 9.82. The molecule has 8 heteroatoms. The second kappa shape index (κ2) is 7.05. The van der Waals surface area contributed by atoms with E-state index in [-0.39, 0.29) is 30.5 Å². The van der Waals surface area contributed by atoms with Crippen LogP contribution in [0.25, 0.3) is 0 Å². The van der Waals surface area contributed by atoms with Gasteiger partial charge in [-0.05, 0) is 43.9 Å². The summed E-state index contributed by atoms with van der Waals surface area (Å²) >= 11 is 0. The number of benzene rings is 1. The van der Waals surface area contributed by atoms with Gasteiger partial charge in [-0.1, -0.05) is 6.07 Å². The lowest BCUT2D eigenvalue weighted by Gasteiger charge is -2.30. The van der Waals surface area contributed by atoms with Crippen LogP contribution in [0.15, 0.2) is 47.7 Å². The number of pyridine rings is 1. The molecule has 0 saturated carbocycles. The van der Waals surface area contributed by atoms with Crippen LogP contribution in [0, 0.1) is 5.82 Å². The van der Waals surface area contributed by atoms with E-state index in [9.17, 15) is 18.8 Å². The quantitative estimate of drug-likeness (QED) is 0.731. The standard InChI is InChI=1S/C22H18FN3O4/c23-16-9-19-18(25(20(27)12-30-19)11-13-5-3-4-8-24-13)10-17(16)26-21(28)14-6-1-2-7-15(14)22(26)29/h3-5,8-10H,1-2,6-7,11-12H2. The van der Waals surface area contributed by atoms with Crippen LogP contribution < -0.4 is 14.5 Å². The van der Waals surface area contributed by atoms with Gasteiger partial charge >= 0.3 is 0 Å². The maximum atomic E-state index is 14.9. The van der Waals surface area contributed by atoms with Gasteiger partial charge in [0.15, 0.2) is 12.4 Å². The number of ether oxygens (including phenoxy) is 1. The molecule has 0 unspecified atom stereocenters. The molecule has 0 spiro atoms. The molecule has 0 N–H and O–H groups in total. The predicted molar refractivity (Wildman–Crippen MR) is 105 cm³/mol. The molecule has 0 fully saturated rings. The van der Waals surface area contributed by atoms with E-state index in [4.69, 9.17) is 4.74 Å². The zero-order chi connectivity index (χ0) is 20.8. The fraction of sp³-hybridized carbons (Fsp3) is 0.273. The lowest BCUT2D eigenvalue weighted by Crippen LogP contribution is -2.39. The number of nitrogens with zero attached hydrogens (tertiary/aromatic N) is 3. The van der Waals surface area contributed by atoms with Gasteiger partial charge in [-0.25, -0.2) is 9.29 Å². The summed E-state index contributed by atoms with van der Waals surface area (Å²) in [6, 6.07) is 7.82. The van der Waals surface area contributed by atoms with E-state index in [0.717, 1.165) is 23.8 Å². The molecular weight excluding hydrogens is 389 g/mol. The summed E-state index contributed by atoms with van der Waals surface area (Å²) in [5.41, 5.74) is 1.73. The maximum absolute atomic E-state index is 14.9. The van der Waals surface area contributed by atoms with Crippen LogP contribution in [0.2, 0.25) is 0 Å². The van der Waals surface area contributed by atoms with Crippen LogP contribution in [0.4, 0.5) is 15.8 Å². The first-order chi connectivity index (χ1) is 14.5. The van der Waals surface area contributed by atoms with Crippen LogP contribution in [0.1, 0.15) is 31.4 Å². The van der Waals surface area contributed by atoms with Crippen LogP contribution in [-0.2, 0) is 20.9 Å². The molecule has 0 saturated heterocycles. The molecule has 1 aromatic carbocycles. The Labute approximate surface area is 171 Å². The van der Waals surface area contributed by atoms with Gasteiger partial charge in [-0.15, -0.1) is 0 Å². The van der Waals surface area contributed by atoms with Gasteiger partial charge in [0.05, 0.1) is 23.6 Å². The minimum Gasteiger partial charge on any atom is -0.481 e. The molecule has 5 rings (SSSR count). The Morgan fingerprint density at radius 3 is 2.40 bits per heavy atom. The molecule has 7 nitrogen and oxygen atoms in total. The molecule has 3 amide bonds. The first kappa shape index (κ1) is 18.5. The molecule has 0 bridgehead atoms. The van der Waals surface area contributed by atoms with Gasteiger partial charge in [-0.3, -0.25) is 24.3 Å². The summed E-state index contributed by atoms with van der Waals surface area (Å²) in [6.07, 6.45) is 4.33. The van der Waals surface area contributed by atoms with Gasteiger partial charge in [0.25, 0.3) is 17.7 Å². The molecule has 1 aromatic heterocycles. The van der Waals surface area contributed by atoms with Crippen molar-refractivity contribution >= 4 is 29.1 Å². The zero-order valence-electron chi connectivity index (χ0n) is 16.1. The molecule has 1 aliphatic carbocycles. The minimum absolute atomic E-state index is 0.164. The van der Waals surface area contributed by atoms with Crippen molar-refractivity contribution in [1.82, 2.24) is 4.98 Å². The maximum Gasteiger partial charge on any atom is 0.265 e. The fourth-order valence-electron chi connectivity index (χ4n) is 4.17. The van der Waals surface area contributed by atoms with Crippen molar-refractivity contribution in [2.24, 2.45) is 0 Å². The Bertz CT molecular complexity index is 1080. The van der Waals surface area contributed by atoms with Crippen molar-refractivity contribution in [2.75, 3.05) is 16.4 Å². The third-order valence-corrected chi connectivity index (χ3v) is 5.65. The predicted octanol–water partition coefficient (Wildman–Crippen LogP) is 2.89. The van der Waals surface area contributed by atoms with Crippen molar-refractivity contribution in [2.45, 2.75) is 32.2 Å². The lowest BCUT2D eigenvalue weighted by molar-refractivity contribution is -0.122. The van der Waals surface area contributed by atoms with E-state index in [2.05, 4.69) is 4.98 Å². The smallest absolute Gasteiger partial charge is 0.265 e. The highest BCUT2D eigenvalue weighted by Crippen LogP contribution is 2.42. The molecule has 2 aromatic rings. The van der Waals surface area contributed by atoms with Crippen molar-refractivity contribution in [3.63, 3.8) is 0 Å². The summed E-state index contributed by atoms with van der Waals surface area (Å²) < 4.78 is 20.3. The second-order valence-electron chi connectivity index (χ2n) is 7.47. The van der Waals surface area contributed by atoms with Crippen molar-refractivity contribution in [3.8, 4) is 5.75 Å². The van der Waals surface area contributed by atoms with E-state index in [1.807, 2.05) is 6.07 Å². The number of rotatable bonds is 3. The SMILES string of the molecule is O=C1COc2cc(F)c(N3C(=O)C4=C(CCCC4)C3=O)cc2N1Cc1ccccn1. The second-order valence-corrected chi connectivity index (χ2v) is 7.47. The molecule has 3 aliphatic rings.